The van der Waals surface area contributed by atoms with Gasteiger partial charge in [-0.15, -0.1) is 16.4 Å². The van der Waals surface area contributed by atoms with E-state index in [2.05, 4.69) is 25.6 Å². The fourth-order valence-electron chi connectivity index (χ4n) is 2.27. The Balaban J connectivity index is 1.45. The quantitative estimate of drug-likeness (QED) is 0.617. The lowest BCUT2D eigenvalue weighted by Gasteiger charge is -2.03. The summed E-state index contributed by atoms with van der Waals surface area (Å²) in [6.45, 7) is 0.310. The van der Waals surface area contributed by atoms with Crippen LogP contribution in [0.15, 0.2) is 54.4 Å². The van der Waals surface area contributed by atoms with Gasteiger partial charge in [-0.3, -0.25) is 9.78 Å². The summed E-state index contributed by atoms with van der Waals surface area (Å²) in [5, 5.41) is 11.0. The van der Waals surface area contributed by atoms with Crippen LogP contribution in [0.5, 0.6) is 0 Å². The largest absolute Gasteiger partial charge is 0.346 e. The number of benzene rings is 1. The van der Waals surface area contributed by atoms with Crippen molar-refractivity contribution in [2.45, 2.75) is 6.54 Å². The van der Waals surface area contributed by atoms with Gasteiger partial charge in [-0.2, -0.15) is 0 Å². The van der Waals surface area contributed by atoms with Crippen LogP contribution < -0.4 is 5.32 Å². The number of amides is 1. The molecule has 0 aliphatic carbocycles. The Morgan fingerprint density at radius 2 is 2.08 bits per heavy atom. The second-order valence-corrected chi connectivity index (χ2v) is 5.96. The lowest BCUT2D eigenvalue weighted by Crippen LogP contribution is -2.22. The summed E-state index contributed by atoms with van der Waals surface area (Å²) in [5.74, 6) is -0.149. The smallest absolute Gasteiger partial charge is 0.251 e. The molecular weight excluding hydrogens is 324 g/mol. The van der Waals surface area contributed by atoms with Crippen molar-refractivity contribution in [2.24, 2.45) is 0 Å². The zero-order chi connectivity index (χ0) is 16.4. The number of nitrogens with zero attached hydrogens (tertiary/aromatic N) is 5. The minimum absolute atomic E-state index is 0.149. The van der Waals surface area contributed by atoms with Crippen molar-refractivity contribution < 1.29 is 4.79 Å². The number of hydrogen-bond donors (Lipinski definition) is 1. The van der Waals surface area contributed by atoms with Crippen molar-refractivity contribution in [1.82, 2.24) is 30.3 Å². The van der Waals surface area contributed by atoms with Gasteiger partial charge in [0, 0.05) is 18.0 Å². The predicted octanol–water partition coefficient (Wildman–Crippen LogP) is 2.20. The van der Waals surface area contributed by atoms with Crippen molar-refractivity contribution in [3.8, 4) is 5.69 Å². The first-order chi connectivity index (χ1) is 11.8. The molecule has 0 radical (unpaired) electrons. The summed E-state index contributed by atoms with van der Waals surface area (Å²) >= 11 is 1.51. The average Bonchev–Trinajstić information content (AvgIpc) is 3.29. The normalized spacial score (nSPS) is 10.8. The van der Waals surface area contributed by atoms with Crippen molar-refractivity contribution in [3.05, 3.63) is 65.7 Å². The molecule has 4 rings (SSSR count). The van der Waals surface area contributed by atoms with Crippen LogP contribution >= 0.6 is 11.3 Å². The van der Waals surface area contributed by atoms with Crippen LogP contribution in [0.2, 0.25) is 0 Å². The van der Waals surface area contributed by atoms with Crippen LogP contribution in [0, 0.1) is 0 Å². The molecule has 24 heavy (non-hydrogen) atoms. The average molecular weight is 336 g/mol. The molecule has 0 atom stereocenters. The zero-order valence-corrected chi connectivity index (χ0v) is 13.3. The molecule has 3 heterocycles. The van der Waals surface area contributed by atoms with Crippen LogP contribution in [-0.4, -0.2) is 30.9 Å². The van der Waals surface area contributed by atoms with Crippen molar-refractivity contribution in [3.63, 3.8) is 0 Å². The fourth-order valence-corrected chi connectivity index (χ4v) is 2.99. The van der Waals surface area contributed by atoms with Crippen molar-refractivity contribution in [1.29, 1.82) is 0 Å². The highest BCUT2D eigenvalue weighted by atomic mass is 32.1. The van der Waals surface area contributed by atoms with Crippen LogP contribution in [0.25, 0.3) is 15.9 Å². The molecule has 0 bridgehead atoms. The Hall–Kier alpha value is -3.13. The Kier molecular flexibility index (Phi) is 3.72. The van der Waals surface area contributed by atoms with Crippen LogP contribution in [0.1, 0.15) is 16.1 Å². The van der Waals surface area contributed by atoms with Crippen LogP contribution in [-0.2, 0) is 6.54 Å². The summed E-state index contributed by atoms with van der Waals surface area (Å²) in [7, 11) is 0. The maximum absolute atomic E-state index is 12.3. The summed E-state index contributed by atoms with van der Waals surface area (Å²) in [6.07, 6.45) is 5.16. The molecule has 1 aromatic carbocycles. The van der Waals surface area contributed by atoms with E-state index in [0.717, 1.165) is 15.9 Å². The number of carbonyl (C=O) groups excluding carboxylic acids is 1. The first-order valence-electron chi connectivity index (χ1n) is 7.23. The third-order valence-corrected chi connectivity index (χ3v) is 4.28. The predicted molar refractivity (Wildman–Crippen MR) is 89.9 cm³/mol. The third kappa shape index (κ3) is 2.86. The van der Waals surface area contributed by atoms with Crippen LogP contribution in [0.3, 0.4) is 0 Å². The summed E-state index contributed by atoms with van der Waals surface area (Å²) in [6, 6.07) is 9.13. The molecule has 1 N–H and O–H groups in total. The monoisotopic (exact) mass is 336 g/mol. The van der Waals surface area contributed by atoms with E-state index in [1.807, 2.05) is 24.3 Å². The van der Waals surface area contributed by atoms with Gasteiger partial charge < -0.3 is 5.32 Å². The molecule has 0 spiro atoms. The number of aromatic nitrogens is 5. The van der Waals surface area contributed by atoms with Crippen LogP contribution in [0.4, 0.5) is 0 Å². The Labute approximate surface area is 141 Å². The number of pyridine rings is 1. The minimum Gasteiger partial charge on any atom is -0.346 e. The van der Waals surface area contributed by atoms with Gasteiger partial charge >= 0.3 is 0 Å². The van der Waals surface area contributed by atoms with Gasteiger partial charge in [0.15, 0.2) is 0 Å². The molecular formula is C16H12N6OS. The number of hydrogen-bond acceptors (Lipinski definition) is 6. The van der Waals surface area contributed by atoms with Gasteiger partial charge in [0.1, 0.15) is 5.69 Å². The summed E-state index contributed by atoms with van der Waals surface area (Å²) in [4.78, 5) is 20.4. The van der Waals surface area contributed by atoms with Crippen molar-refractivity contribution >= 4 is 27.5 Å². The van der Waals surface area contributed by atoms with E-state index in [9.17, 15) is 4.79 Å². The summed E-state index contributed by atoms with van der Waals surface area (Å²) in [5.41, 5.74) is 4.82. The molecule has 0 unspecified atom stereocenters. The zero-order valence-electron chi connectivity index (χ0n) is 12.5. The topological polar surface area (TPSA) is 85.6 Å². The number of thiazole rings is 1. The maximum Gasteiger partial charge on any atom is 0.251 e. The van der Waals surface area contributed by atoms with E-state index >= 15 is 0 Å². The molecule has 118 valence electrons. The molecule has 0 fully saturated rings. The van der Waals surface area contributed by atoms with Crippen molar-refractivity contribution in [2.75, 3.05) is 0 Å². The summed E-state index contributed by atoms with van der Waals surface area (Å²) < 4.78 is 2.64. The lowest BCUT2D eigenvalue weighted by molar-refractivity contribution is 0.0950. The van der Waals surface area contributed by atoms with Gasteiger partial charge in [-0.1, -0.05) is 5.21 Å². The van der Waals surface area contributed by atoms with E-state index in [4.69, 9.17) is 0 Å². The molecule has 0 aliphatic rings. The van der Waals surface area contributed by atoms with Gasteiger partial charge in [-0.05, 0) is 30.3 Å². The number of nitrogens with one attached hydrogen (secondary N) is 1. The Morgan fingerprint density at radius 3 is 2.96 bits per heavy atom. The number of rotatable bonds is 4. The van der Waals surface area contributed by atoms with E-state index in [-0.39, 0.29) is 5.91 Å². The van der Waals surface area contributed by atoms with Gasteiger partial charge in [0.05, 0.1) is 34.2 Å². The fraction of sp³-hybridized carbons (Fsp3) is 0.0625. The Bertz CT molecular complexity index is 994. The maximum atomic E-state index is 12.3. The molecule has 0 saturated heterocycles. The SMILES string of the molecule is O=C(NCc1cn(-c2ccncc2)nn1)c1ccc2ncsc2c1. The molecule has 8 heteroatoms. The molecule has 0 aliphatic heterocycles. The minimum atomic E-state index is -0.149. The second-order valence-electron chi connectivity index (χ2n) is 5.08. The molecule has 0 saturated carbocycles. The molecule has 3 aromatic heterocycles. The van der Waals surface area contributed by atoms with E-state index in [0.29, 0.717) is 17.8 Å². The molecule has 4 aromatic rings. The Morgan fingerprint density at radius 1 is 1.21 bits per heavy atom. The highest BCUT2D eigenvalue weighted by Crippen LogP contribution is 2.19. The number of fused-ring (bicyclic) bond motifs is 1. The molecule has 7 nitrogen and oxygen atoms in total. The van der Waals surface area contributed by atoms with Gasteiger partial charge in [-0.25, -0.2) is 9.67 Å². The van der Waals surface area contributed by atoms with Gasteiger partial charge in [0.2, 0.25) is 0 Å². The van der Waals surface area contributed by atoms with Gasteiger partial charge in [0.25, 0.3) is 5.91 Å². The first-order valence-corrected chi connectivity index (χ1v) is 8.11. The number of carbonyl (C=O) groups is 1. The van der Waals surface area contributed by atoms with E-state index < -0.39 is 0 Å². The first kappa shape index (κ1) is 14.5. The third-order valence-electron chi connectivity index (χ3n) is 3.49. The molecule has 1 amide bonds. The second kappa shape index (κ2) is 6.17. The highest BCUT2D eigenvalue weighted by Gasteiger charge is 2.09. The van der Waals surface area contributed by atoms with E-state index in [1.165, 1.54) is 11.3 Å². The highest BCUT2D eigenvalue weighted by molar-refractivity contribution is 7.16. The lowest BCUT2D eigenvalue weighted by atomic mass is 10.2. The van der Waals surface area contributed by atoms with E-state index in [1.54, 1.807) is 34.8 Å². The standard InChI is InChI=1S/C16H12N6OS/c23-16(11-1-2-14-15(7-11)24-10-19-14)18-8-12-9-22(21-20-12)13-3-5-17-6-4-13/h1-7,9-10H,8H2,(H,18,23).